The number of carbonyl (C=O) groups excluding carboxylic acids is 1. The number of aromatic nitrogens is 2. The molecular weight excluding hydrogens is 334 g/mol. The molecular formula is C19H15N3O2S. The summed E-state index contributed by atoms with van der Waals surface area (Å²) in [5, 5.41) is 3.38. The molecule has 0 saturated heterocycles. The Balaban J connectivity index is 1.62. The topological polar surface area (TPSA) is 68.0 Å². The van der Waals surface area contributed by atoms with Crippen molar-refractivity contribution >= 4 is 32.6 Å². The van der Waals surface area contributed by atoms with E-state index >= 15 is 0 Å². The highest BCUT2D eigenvalue weighted by atomic mass is 32.1. The van der Waals surface area contributed by atoms with E-state index in [1.165, 1.54) is 11.3 Å². The van der Waals surface area contributed by atoms with Crippen molar-refractivity contribution in [3.63, 3.8) is 0 Å². The fourth-order valence-corrected chi connectivity index (χ4v) is 3.55. The van der Waals surface area contributed by atoms with Crippen LogP contribution in [0.3, 0.4) is 0 Å². The van der Waals surface area contributed by atoms with E-state index in [0.29, 0.717) is 16.8 Å². The molecule has 2 aromatic heterocycles. The first kappa shape index (κ1) is 15.5. The summed E-state index contributed by atoms with van der Waals surface area (Å²) >= 11 is 1.44. The number of hydrogen-bond acceptors (Lipinski definition) is 5. The Hall–Kier alpha value is -2.99. The van der Waals surface area contributed by atoms with Crippen molar-refractivity contribution in [2.24, 2.45) is 0 Å². The van der Waals surface area contributed by atoms with Crippen molar-refractivity contribution in [2.75, 3.05) is 5.32 Å². The van der Waals surface area contributed by atoms with Crippen molar-refractivity contribution in [1.82, 2.24) is 9.97 Å². The van der Waals surface area contributed by atoms with E-state index in [9.17, 15) is 4.79 Å². The minimum atomic E-state index is -0.319. The molecule has 0 spiro atoms. The molecule has 6 heteroatoms. The summed E-state index contributed by atoms with van der Waals surface area (Å²) in [5.74, 6) is 0.595. The molecule has 0 saturated carbocycles. The van der Waals surface area contributed by atoms with Gasteiger partial charge in [-0.2, -0.15) is 0 Å². The lowest BCUT2D eigenvalue weighted by Crippen LogP contribution is -2.13. The maximum atomic E-state index is 12.6. The summed E-state index contributed by atoms with van der Waals surface area (Å²) in [6.07, 6.45) is 0. The van der Waals surface area contributed by atoms with Gasteiger partial charge in [0, 0.05) is 5.56 Å². The monoisotopic (exact) mass is 349 g/mol. The summed E-state index contributed by atoms with van der Waals surface area (Å²) in [5.41, 5.74) is 3.10. The number of amides is 1. The average molecular weight is 349 g/mol. The standard InChI is InChI=1S/C19H15N3O2S/c1-11-7-6-10-14-15(11)21-19(25-14)22-17(23)16-12(2)24-18(20-16)13-8-4-3-5-9-13/h3-10H,1-2H3,(H,21,22,23). The zero-order valence-corrected chi connectivity index (χ0v) is 14.6. The molecule has 2 heterocycles. The van der Waals surface area contributed by atoms with Gasteiger partial charge in [-0.25, -0.2) is 9.97 Å². The number of aryl methyl sites for hydroxylation is 2. The Labute approximate surface area is 148 Å². The third-order valence-corrected chi connectivity index (χ3v) is 4.81. The number of anilines is 1. The zero-order valence-electron chi connectivity index (χ0n) is 13.7. The molecule has 0 fully saturated rings. The normalized spacial score (nSPS) is 11.0. The molecule has 124 valence electrons. The second-order valence-electron chi connectivity index (χ2n) is 5.68. The number of nitrogens with one attached hydrogen (secondary N) is 1. The highest BCUT2D eigenvalue weighted by Gasteiger charge is 2.19. The molecule has 5 nitrogen and oxygen atoms in total. The first-order valence-electron chi connectivity index (χ1n) is 7.82. The van der Waals surface area contributed by atoms with Gasteiger partial charge in [-0.3, -0.25) is 10.1 Å². The lowest BCUT2D eigenvalue weighted by atomic mass is 10.2. The highest BCUT2D eigenvalue weighted by Crippen LogP contribution is 2.29. The third-order valence-electron chi connectivity index (χ3n) is 3.87. The van der Waals surface area contributed by atoms with Gasteiger partial charge in [0.1, 0.15) is 5.76 Å². The fourth-order valence-electron chi connectivity index (χ4n) is 2.61. The van der Waals surface area contributed by atoms with Crippen LogP contribution in [0.25, 0.3) is 21.7 Å². The van der Waals surface area contributed by atoms with Gasteiger partial charge < -0.3 is 4.42 Å². The zero-order chi connectivity index (χ0) is 17.4. The van der Waals surface area contributed by atoms with E-state index in [1.54, 1.807) is 6.92 Å². The van der Waals surface area contributed by atoms with Gasteiger partial charge in [0.2, 0.25) is 5.89 Å². The van der Waals surface area contributed by atoms with Crippen LogP contribution < -0.4 is 5.32 Å². The molecule has 0 bridgehead atoms. The lowest BCUT2D eigenvalue weighted by molar-refractivity contribution is 0.102. The van der Waals surface area contributed by atoms with Crippen molar-refractivity contribution in [3.8, 4) is 11.5 Å². The van der Waals surface area contributed by atoms with E-state index < -0.39 is 0 Å². The smallest absolute Gasteiger partial charge is 0.279 e. The Kier molecular flexibility index (Phi) is 3.82. The van der Waals surface area contributed by atoms with Gasteiger partial charge in [0.05, 0.1) is 10.2 Å². The summed E-state index contributed by atoms with van der Waals surface area (Å²) in [6.45, 7) is 3.73. The number of hydrogen-bond donors (Lipinski definition) is 1. The number of rotatable bonds is 3. The van der Waals surface area contributed by atoms with Crippen LogP contribution in [0.4, 0.5) is 5.13 Å². The van der Waals surface area contributed by atoms with Gasteiger partial charge >= 0.3 is 0 Å². The van der Waals surface area contributed by atoms with E-state index in [2.05, 4.69) is 15.3 Å². The maximum Gasteiger partial charge on any atom is 0.279 e. The van der Waals surface area contributed by atoms with E-state index in [0.717, 1.165) is 21.3 Å². The fraction of sp³-hybridized carbons (Fsp3) is 0.105. The first-order valence-corrected chi connectivity index (χ1v) is 8.64. The Morgan fingerprint density at radius 3 is 2.60 bits per heavy atom. The summed E-state index contributed by atoms with van der Waals surface area (Å²) in [6, 6.07) is 15.5. The van der Waals surface area contributed by atoms with Crippen molar-refractivity contribution in [2.45, 2.75) is 13.8 Å². The molecule has 25 heavy (non-hydrogen) atoms. The predicted molar refractivity (Wildman–Crippen MR) is 99.0 cm³/mol. The molecule has 0 atom stereocenters. The van der Waals surface area contributed by atoms with Crippen molar-refractivity contribution in [3.05, 3.63) is 65.5 Å². The van der Waals surface area contributed by atoms with Crippen LogP contribution in [0, 0.1) is 13.8 Å². The van der Waals surface area contributed by atoms with Crippen LogP contribution in [0.15, 0.2) is 52.9 Å². The number of nitrogens with zero attached hydrogens (tertiary/aromatic N) is 2. The quantitative estimate of drug-likeness (QED) is 0.576. The average Bonchev–Trinajstić information content (AvgIpc) is 3.20. The molecule has 0 radical (unpaired) electrons. The minimum absolute atomic E-state index is 0.273. The number of oxazole rings is 1. The van der Waals surface area contributed by atoms with Crippen molar-refractivity contribution < 1.29 is 9.21 Å². The number of carbonyl (C=O) groups is 1. The Bertz CT molecular complexity index is 1070. The minimum Gasteiger partial charge on any atom is -0.441 e. The summed E-state index contributed by atoms with van der Waals surface area (Å²) in [4.78, 5) is 21.4. The second-order valence-corrected chi connectivity index (χ2v) is 6.72. The van der Waals surface area contributed by atoms with Gasteiger partial charge in [0.15, 0.2) is 10.8 Å². The van der Waals surface area contributed by atoms with Crippen LogP contribution >= 0.6 is 11.3 Å². The molecule has 2 aromatic carbocycles. The number of para-hydroxylation sites is 1. The van der Waals surface area contributed by atoms with Gasteiger partial charge in [-0.15, -0.1) is 0 Å². The van der Waals surface area contributed by atoms with Crippen LogP contribution in [-0.2, 0) is 0 Å². The predicted octanol–water partition coefficient (Wildman–Crippen LogP) is 4.82. The molecule has 0 aliphatic rings. The molecule has 0 aliphatic heterocycles. The van der Waals surface area contributed by atoms with Gasteiger partial charge in [0.25, 0.3) is 5.91 Å². The molecule has 4 aromatic rings. The van der Waals surface area contributed by atoms with Crippen LogP contribution in [0.5, 0.6) is 0 Å². The van der Waals surface area contributed by atoms with E-state index in [4.69, 9.17) is 4.42 Å². The van der Waals surface area contributed by atoms with Gasteiger partial charge in [-0.1, -0.05) is 41.7 Å². The van der Waals surface area contributed by atoms with E-state index in [1.807, 2.05) is 55.5 Å². The van der Waals surface area contributed by atoms with Crippen LogP contribution in [0.1, 0.15) is 21.8 Å². The molecule has 1 amide bonds. The van der Waals surface area contributed by atoms with Gasteiger partial charge in [-0.05, 0) is 37.6 Å². The SMILES string of the molecule is Cc1oc(-c2ccccc2)nc1C(=O)Nc1nc2c(C)cccc2s1. The summed E-state index contributed by atoms with van der Waals surface area (Å²) < 4.78 is 6.69. The largest absolute Gasteiger partial charge is 0.441 e. The summed E-state index contributed by atoms with van der Waals surface area (Å²) in [7, 11) is 0. The highest BCUT2D eigenvalue weighted by molar-refractivity contribution is 7.22. The van der Waals surface area contributed by atoms with Crippen molar-refractivity contribution in [1.29, 1.82) is 0 Å². The third kappa shape index (κ3) is 2.92. The van der Waals surface area contributed by atoms with Crippen LogP contribution in [0.2, 0.25) is 0 Å². The molecule has 0 aliphatic carbocycles. The van der Waals surface area contributed by atoms with E-state index in [-0.39, 0.29) is 11.6 Å². The Morgan fingerprint density at radius 1 is 1.04 bits per heavy atom. The maximum absolute atomic E-state index is 12.6. The first-order chi connectivity index (χ1) is 12.1. The number of fused-ring (bicyclic) bond motifs is 1. The molecule has 1 N–H and O–H groups in total. The number of thiazole rings is 1. The molecule has 0 unspecified atom stereocenters. The lowest BCUT2D eigenvalue weighted by Gasteiger charge is -1.97. The van der Waals surface area contributed by atoms with Crippen LogP contribution in [-0.4, -0.2) is 15.9 Å². The number of benzene rings is 2. The molecule has 4 rings (SSSR count). The second kappa shape index (κ2) is 6.14. The Morgan fingerprint density at radius 2 is 1.84 bits per heavy atom.